The Balaban J connectivity index is 3.57. The van der Waals surface area contributed by atoms with Gasteiger partial charge >= 0.3 is 26.7 Å². The normalized spacial score (nSPS) is 11.1. The van der Waals surface area contributed by atoms with Crippen molar-refractivity contribution in [1.29, 1.82) is 0 Å². The molecule has 0 aliphatic heterocycles. The molecular formula is C21H38O9Si. The number of carbonyl (C=O) groups excluding carboxylic acids is 3. The van der Waals surface area contributed by atoms with Gasteiger partial charge in [-0.15, -0.1) is 0 Å². The Hall–Kier alpha value is -1.75. The summed E-state index contributed by atoms with van der Waals surface area (Å²) in [4.78, 5) is 34.5. The molecule has 0 radical (unpaired) electrons. The average Bonchev–Trinajstić information content (AvgIpc) is 2.76. The van der Waals surface area contributed by atoms with E-state index in [2.05, 4.69) is 6.58 Å². The fraction of sp³-hybridized carbons (Fsp3) is 0.762. The molecule has 0 aromatic rings. The molecule has 0 saturated carbocycles. The van der Waals surface area contributed by atoms with E-state index in [1.54, 1.807) is 28.3 Å². The monoisotopic (exact) mass is 462 g/mol. The predicted molar refractivity (Wildman–Crippen MR) is 116 cm³/mol. The van der Waals surface area contributed by atoms with Gasteiger partial charge in [0.25, 0.3) is 0 Å². The summed E-state index contributed by atoms with van der Waals surface area (Å²) >= 11 is 0. The molecule has 9 nitrogen and oxygen atoms in total. The van der Waals surface area contributed by atoms with E-state index in [0.29, 0.717) is 37.5 Å². The maximum Gasteiger partial charge on any atom is 0.500 e. The number of esters is 3. The van der Waals surface area contributed by atoms with E-state index in [0.717, 1.165) is 32.1 Å². The van der Waals surface area contributed by atoms with Crippen LogP contribution in [0.25, 0.3) is 0 Å². The third-order valence-electron chi connectivity index (χ3n) is 4.51. The molecular weight excluding hydrogens is 424 g/mol. The molecule has 0 atom stereocenters. The highest BCUT2D eigenvalue weighted by atomic mass is 28.4. The molecule has 0 rings (SSSR count). The maximum atomic E-state index is 11.8. The van der Waals surface area contributed by atoms with Crippen molar-refractivity contribution in [2.75, 3.05) is 41.2 Å². The highest BCUT2D eigenvalue weighted by molar-refractivity contribution is 6.60. The topological polar surface area (TPSA) is 107 Å². The fourth-order valence-electron chi connectivity index (χ4n) is 2.66. The van der Waals surface area contributed by atoms with Crippen molar-refractivity contribution in [1.82, 2.24) is 0 Å². The molecule has 0 bridgehead atoms. The van der Waals surface area contributed by atoms with Gasteiger partial charge in [0.05, 0.1) is 6.61 Å². The van der Waals surface area contributed by atoms with E-state index in [1.807, 2.05) is 0 Å². The van der Waals surface area contributed by atoms with E-state index < -0.39 is 14.8 Å². The maximum absolute atomic E-state index is 11.8. The summed E-state index contributed by atoms with van der Waals surface area (Å²) in [7, 11) is 2.06. The van der Waals surface area contributed by atoms with Crippen molar-refractivity contribution in [2.45, 2.75) is 64.3 Å². The van der Waals surface area contributed by atoms with E-state index in [9.17, 15) is 14.4 Å². The van der Waals surface area contributed by atoms with Crippen LogP contribution in [0.1, 0.15) is 58.3 Å². The number of unbranched alkanes of at least 4 members (excludes halogenated alkanes) is 4. The molecule has 0 aromatic carbocycles. The lowest BCUT2D eigenvalue weighted by atomic mass is 10.1. The van der Waals surface area contributed by atoms with Gasteiger partial charge in [-0.3, -0.25) is 9.59 Å². The van der Waals surface area contributed by atoms with Gasteiger partial charge < -0.3 is 27.5 Å². The van der Waals surface area contributed by atoms with E-state index in [4.69, 9.17) is 27.5 Å². The first-order chi connectivity index (χ1) is 14.8. The van der Waals surface area contributed by atoms with Crippen LogP contribution in [0, 0.1) is 0 Å². The number of carbonyl (C=O) groups is 3. The van der Waals surface area contributed by atoms with Crippen LogP contribution in [0.5, 0.6) is 0 Å². The van der Waals surface area contributed by atoms with Crippen LogP contribution in [-0.2, 0) is 41.9 Å². The Kier molecular flexibility index (Phi) is 16.9. The van der Waals surface area contributed by atoms with Crippen molar-refractivity contribution >= 4 is 26.7 Å². The zero-order valence-corrected chi connectivity index (χ0v) is 20.4. The van der Waals surface area contributed by atoms with Crippen molar-refractivity contribution in [3.63, 3.8) is 0 Å². The largest absolute Gasteiger partial charge is 0.500 e. The molecule has 0 aromatic heterocycles. The molecule has 0 fully saturated rings. The van der Waals surface area contributed by atoms with Gasteiger partial charge in [0.2, 0.25) is 0 Å². The van der Waals surface area contributed by atoms with Crippen molar-refractivity contribution in [2.24, 2.45) is 0 Å². The first kappa shape index (κ1) is 29.2. The summed E-state index contributed by atoms with van der Waals surface area (Å²) in [6, 6.07) is 0.589. The Morgan fingerprint density at radius 1 is 0.677 bits per heavy atom. The summed E-state index contributed by atoms with van der Waals surface area (Å²) in [6.07, 6.45) is 5.52. The van der Waals surface area contributed by atoms with Crippen LogP contribution in [0.15, 0.2) is 12.2 Å². The molecule has 0 amide bonds. The second-order valence-electron chi connectivity index (χ2n) is 7.02. The lowest BCUT2D eigenvalue weighted by molar-refractivity contribution is -0.150. The van der Waals surface area contributed by atoms with E-state index in [1.165, 1.54) is 0 Å². The van der Waals surface area contributed by atoms with Gasteiger partial charge in [0.1, 0.15) is 13.2 Å². The van der Waals surface area contributed by atoms with Gasteiger partial charge in [-0.2, -0.15) is 0 Å². The Morgan fingerprint density at radius 3 is 1.61 bits per heavy atom. The molecule has 10 heteroatoms. The SMILES string of the molecule is C=C(C)C(=O)OCCOC(=O)CCCCCCCC(=O)OCCC[Si](OC)(OC)OC. The Labute approximate surface area is 186 Å². The summed E-state index contributed by atoms with van der Waals surface area (Å²) in [5.74, 6) is -1.01. The first-order valence-electron chi connectivity index (χ1n) is 10.6. The molecule has 0 spiro atoms. The zero-order chi connectivity index (χ0) is 23.5. The van der Waals surface area contributed by atoms with Gasteiger partial charge in [0, 0.05) is 45.8 Å². The van der Waals surface area contributed by atoms with Crippen molar-refractivity contribution < 1.29 is 41.9 Å². The zero-order valence-electron chi connectivity index (χ0n) is 19.4. The van der Waals surface area contributed by atoms with Gasteiger partial charge in [0.15, 0.2) is 0 Å². The predicted octanol–water partition coefficient (Wildman–Crippen LogP) is 3.19. The minimum Gasteiger partial charge on any atom is -0.466 e. The van der Waals surface area contributed by atoms with Crippen LogP contribution < -0.4 is 0 Å². The highest BCUT2D eigenvalue weighted by Gasteiger charge is 2.36. The van der Waals surface area contributed by atoms with Crippen LogP contribution in [-0.4, -0.2) is 67.9 Å². The van der Waals surface area contributed by atoms with Crippen LogP contribution in [0.4, 0.5) is 0 Å². The van der Waals surface area contributed by atoms with E-state index in [-0.39, 0.29) is 25.2 Å². The van der Waals surface area contributed by atoms with Gasteiger partial charge in [-0.1, -0.05) is 25.8 Å². The molecule has 0 aliphatic rings. The van der Waals surface area contributed by atoms with E-state index >= 15 is 0 Å². The summed E-state index contributed by atoms with van der Waals surface area (Å²) in [6.45, 7) is 5.41. The van der Waals surface area contributed by atoms with Gasteiger partial charge in [-0.25, -0.2) is 4.79 Å². The summed E-state index contributed by atoms with van der Waals surface area (Å²) < 4.78 is 31.0. The Bertz CT molecular complexity index is 539. The molecule has 0 aliphatic carbocycles. The summed E-state index contributed by atoms with van der Waals surface area (Å²) in [5.41, 5.74) is 0.309. The lowest BCUT2D eigenvalue weighted by Crippen LogP contribution is -2.42. The van der Waals surface area contributed by atoms with Crippen molar-refractivity contribution in [3.05, 3.63) is 12.2 Å². The fourth-order valence-corrected chi connectivity index (χ4v) is 4.35. The van der Waals surface area contributed by atoms with Crippen LogP contribution in [0.3, 0.4) is 0 Å². The molecule has 180 valence electrons. The lowest BCUT2D eigenvalue weighted by Gasteiger charge is -2.24. The van der Waals surface area contributed by atoms with Crippen LogP contribution in [0.2, 0.25) is 6.04 Å². The standard InChI is InChI=1S/C21H38O9Si/c1-18(2)21(24)30-16-15-29-20(23)13-10-8-6-7-9-12-19(22)28-14-11-17-31(25-3,26-4)27-5/h1,6-17H2,2-5H3. The second kappa shape index (κ2) is 17.9. The van der Waals surface area contributed by atoms with Crippen molar-refractivity contribution in [3.8, 4) is 0 Å². The second-order valence-corrected chi connectivity index (χ2v) is 10.1. The number of rotatable bonds is 19. The average molecular weight is 463 g/mol. The molecule has 31 heavy (non-hydrogen) atoms. The molecule has 0 saturated heterocycles. The molecule has 0 unspecified atom stereocenters. The molecule has 0 heterocycles. The highest BCUT2D eigenvalue weighted by Crippen LogP contribution is 2.15. The minimum atomic E-state index is -2.61. The smallest absolute Gasteiger partial charge is 0.466 e. The number of hydrogen-bond acceptors (Lipinski definition) is 9. The Morgan fingerprint density at radius 2 is 1.13 bits per heavy atom. The van der Waals surface area contributed by atoms with Gasteiger partial charge in [-0.05, 0) is 26.2 Å². The third-order valence-corrected chi connectivity index (χ3v) is 7.35. The molecule has 0 N–H and O–H groups in total. The third kappa shape index (κ3) is 14.8. The van der Waals surface area contributed by atoms with Crippen LogP contribution >= 0.6 is 0 Å². The summed E-state index contributed by atoms with van der Waals surface area (Å²) in [5, 5.41) is 0. The minimum absolute atomic E-state index is 0.0293. The quantitative estimate of drug-likeness (QED) is 0.0940. The number of hydrogen-bond donors (Lipinski definition) is 0. The number of ether oxygens (including phenoxy) is 3. The first-order valence-corrected chi connectivity index (χ1v) is 12.5.